The molecule has 1 unspecified atom stereocenters. The standard InChI is InChI=1S/C13H19NO/c1-3-4-10-8-12(14)11-7-9(2)5-6-13(11)15-10/h5-7,10,12H,3-4,8,14H2,1-2H3/t10?,12-/m0/s1. The fraction of sp³-hybridized carbons (Fsp3) is 0.538. The molecule has 1 aliphatic rings. The number of hydrogen-bond donors (Lipinski definition) is 1. The van der Waals surface area contributed by atoms with Gasteiger partial charge in [-0.15, -0.1) is 0 Å². The Morgan fingerprint density at radius 2 is 2.27 bits per heavy atom. The highest BCUT2D eigenvalue weighted by atomic mass is 16.5. The molecule has 82 valence electrons. The maximum Gasteiger partial charge on any atom is 0.124 e. The Bertz CT molecular complexity index is 348. The predicted octanol–water partition coefficient (Wildman–Crippen LogP) is 2.95. The van der Waals surface area contributed by atoms with E-state index in [-0.39, 0.29) is 6.04 Å². The molecule has 2 atom stereocenters. The van der Waals surface area contributed by atoms with Crippen LogP contribution in [0.3, 0.4) is 0 Å². The minimum absolute atomic E-state index is 0.144. The van der Waals surface area contributed by atoms with Crippen LogP contribution < -0.4 is 10.5 Å². The Morgan fingerprint density at radius 1 is 1.47 bits per heavy atom. The highest BCUT2D eigenvalue weighted by molar-refractivity contribution is 5.40. The van der Waals surface area contributed by atoms with Gasteiger partial charge in [-0.05, 0) is 19.4 Å². The van der Waals surface area contributed by atoms with Crippen molar-refractivity contribution >= 4 is 0 Å². The van der Waals surface area contributed by atoms with Gasteiger partial charge in [-0.25, -0.2) is 0 Å². The first-order valence-electron chi connectivity index (χ1n) is 5.73. The van der Waals surface area contributed by atoms with Gasteiger partial charge in [-0.3, -0.25) is 0 Å². The second kappa shape index (κ2) is 4.23. The fourth-order valence-electron chi connectivity index (χ4n) is 2.20. The second-order valence-electron chi connectivity index (χ2n) is 4.41. The molecule has 0 radical (unpaired) electrons. The Morgan fingerprint density at radius 3 is 3.00 bits per heavy atom. The molecule has 0 fully saturated rings. The minimum Gasteiger partial charge on any atom is -0.490 e. The summed E-state index contributed by atoms with van der Waals surface area (Å²) in [7, 11) is 0. The number of benzene rings is 1. The lowest BCUT2D eigenvalue weighted by molar-refractivity contribution is 0.149. The van der Waals surface area contributed by atoms with E-state index in [1.54, 1.807) is 0 Å². The molecule has 0 aliphatic carbocycles. The van der Waals surface area contributed by atoms with E-state index in [2.05, 4.69) is 26.0 Å². The number of ether oxygens (including phenoxy) is 1. The van der Waals surface area contributed by atoms with Gasteiger partial charge < -0.3 is 10.5 Å². The predicted molar refractivity (Wildman–Crippen MR) is 62.0 cm³/mol. The third-order valence-electron chi connectivity index (χ3n) is 2.99. The number of rotatable bonds is 2. The van der Waals surface area contributed by atoms with E-state index in [0.717, 1.165) is 25.0 Å². The van der Waals surface area contributed by atoms with E-state index < -0.39 is 0 Å². The Balaban J connectivity index is 2.24. The van der Waals surface area contributed by atoms with E-state index in [1.165, 1.54) is 11.1 Å². The van der Waals surface area contributed by atoms with Crippen LogP contribution in [0, 0.1) is 6.92 Å². The number of nitrogens with two attached hydrogens (primary N) is 1. The Labute approximate surface area is 91.4 Å². The van der Waals surface area contributed by atoms with Crippen LogP contribution in [0.5, 0.6) is 5.75 Å². The van der Waals surface area contributed by atoms with Gasteiger partial charge >= 0.3 is 0 Å². The van der Waals surface area contributed by atoms with Crippen molar-refractivity contribution in [3.05, 3.63) is 29.3 Å². The summed E-state index contributed by atoms with van der Waals surface area (Å²) in [6.07, 6.45) is 3.50. The molecule has 1 aromatic carbocycles. The number of aryl methyl sites for hydroxylation is 1. The molecule has 0 amide bonds. The summed E-state index contributed by atoms with van der Waals surface area (Å²) in [5.41, 5.74) is 8.58. The van der Waals surface area contributed by atoms with Crippen molar-refractivity contribution in [3.8, 4) is 5.75 Å². The quantitative estimate of drug-likeness (QED) is 0.805. The molecule has 0 saturated heterocycles. The molecule has 0 saturated carbocycles. The monoisotopic (exact) mass is 205 g/mol. The normalized spacial score (nSPS) is 24.5. The van der Waals surface area contributed by atoms with Crippen molar-refractivity contribution in [2.24, 2.45) is 5.73 Å². The van der Waals surface area contributed by atoms with E-state index in [1.807, 2.05) is 6.07 Å². The van der Waals surface area contributed by atoms with Gasteiger partial charge in [-0.2, -0.15) is 0 Å². The number of hydrogen-bond acceptors (Lipinski definition) is 2. The highest BCUT2D eigenvalue weighted by Gasteiger charge is 2.24. The zero-order chi connectivity index (χ0) is 10.8. The van der Waals surface area contributed by atoms with Crippen molar-refractivity contribution in [2.75, 3.05) is 0 Å². The summed E-state index contributed by atoms with van der Waals surface area (Å²) in [6, 6.07) is 6.42. The van der Waals surface area contributed by atoms with Gasteiger partial charge in [0.2, 0.25) is 0 Å². The Hall–Kier alpha value is -1.02. The first-order valence-corrected chi connectivity index (χ1v) is 5.73. The first-order chi connectivity index (χ1) is 7.20. The summed E-state index contributed by atoms with van der Waals surface area (Å²) in [4.78, 5) is 0. The molecule has 2 heteroatoms. The molecule has 15 heavy (non-hydrogen) atoms. The van der Waals surface area contributed by atoms with Gasteiger partial charge in [-0.1, -0.05) is 31.0 Å². The lowest BCUT2D eigenvalue weighted by Crippen LogP contribution is -2.29. The molecule has 1 heterocycles. The third kappa shape index (κ3) is 2.15. The highest BCUT2D eigenvalue weighted by Crippen LogP contribution is 2.35. The molecule has 1 aliphatic heterocycles. The number of fused-ring (bicyclic) bond motifs is 1. The molecule has 0 aromatic heterocycles. The lowest BCUT2D eigenvalue weighted by atomic mass is 9.94. The van der Waals surface area contributed by atoms with E-state index in [4.69, 9.17) is 10.5 Å². The summed E-state index contributed by atoms with van der Waals surface area (Å²) in [6.45, 7) is 4.27. The molecule has 2 nitrogen and oxygen atoms in total. The second-order valence-corrected chi connectivity index (χ2v) is 4.41. The van der Waals surface area contributed by atoms with Crippen LogP contribution in [0.1, 0.15) is 43.4 Å². The zero-order valence-electron chi connectivity index (χ0n) is 9.49. The summed E-state index contributed by atoms with van der Waals surface area (Å²) < 4.78 is 5.92. The summed E-state index contributed by atoms with van der Waals surface area (Å²) >= 11 is 0. The van der Waals surface area contributed by atoms with Crippen LogP contribution in [0.4, 0.5) is 0 Å². The maximum atomic E-state index is 6.16. The van der Waals surface area contributed by atoms with E-state index in [9.17, 15) is 0 Å². The van der Waals surface area contributed by atoms with Gasteiger partial charge in [0.05, 0.1) is 0 Å². The molecule has 2 N–H and O–H groups in total. The van der Waals surface area contributed by atoms with Crippen LogP contribution in [0.15, 0.2) is 18.2 Å². The van der Waals surface area contributed by atoms with Gasteiger partial charge in [0.15, 0.2) is 0 Å². The van der Waals surface area contributed by atoms with Crippen LogP contribution in [-0.2, 0) is 0 Å². The SMILES string of the molecule is CCCC1C[C@H](N)c2cc(C)ccc2O1. The van der Waals surface area contributed by atoms with Gasteiger partial charge in [0.25, 0.3) is 0 Å². The van der Waals surface area contributed by atoms with Crippen LogP contribution >= 0.6 is 0 Å². The topological polar surface area (TPSA) is 35.2 Å². The zero-order valence-corrected chi connectivity index (χ0v) is 9.49. The largest absolute Gasteiger partial charge is 0.490 e. The maximum absolute atomic E-state index is 6.16. The van der Waals surface area contributed by atoms with Crippen molar-refractivity contribution in [1.29, 1.82) is 0 Å². The van der Waals surface area contributed by atoms with Crippen molar-refractivity contribution in [3.63, 3.8) is 0 Å². The average Bonchev–Trinajstić information content (AvgIpc) is 2.20. The first kappa shape index (κ1) is 10.5. The molecule has 2 rings (SSSR count). The smallest absolute Gasteiger partial charge is 0.124 e. The van der Waals surface area contributed by atoms with Gasteiger partial charge in [0, 0.05) is 18.0 Å². The average molecular weight is 205 g/mol. The molecular formula is C13H19NO. The van der Waals surface area contributed by atoms with E-state index >= 15 is 0 Å². The van der Waals surface area contributed by atoms with Crippen molar-refractivity contribution < 1.29 is 4.74 Å². The van der Waals surface area contributed by atoms with E-state index in [0.29, 0.717) is 6.10 Å². The minimum atomic E-state index is 0.144. The Kier molecular flexibility index (Phi) is 2.96. The summed E-state index contributed by atoms with van der Waals surface area (Å²) in [5.74, 6) is 0.984. The lowest BCUT2D eigenvalue weighted by Gasteiger charge is -2.30. The summed E-state index contributed by atoms with van der Waals surface area (Å²) in [5, 5.41) is 0. The molecular weight excluding hydrogens is 186 g/mol. The molecule has 0 bridgehead atoms. The molecule has 1 aromatic rings. The fourth-order valence-corrected chi connectivity index (χ4v) is 2.20. The van der Waals surface area contributed by atoms with Crippen LogP contribution in [-0.4, -0.2) is 6.10 Å². The molecule has 0 spiro atoms. The third-order valence-corrected chi connectivity index (χ3v) is 2.99. The van der Waals surface area contributed by atoms with Gasteiger partial charge in [0.1, 0.15) is 11.9 Å². The van der Waals surface area contributed by atoms with Crippen molar-refractivity contribution in [1.82, 2.24) is 0 Å². The van der Waals surface area contributed by atoms with Crippen molar-refractivity contribution in [2.45, 2.75) is 45.3 Å². The van der Waals surface area contributed by atoms with Crippen LogP contribution in [0.25, 0.3) is 0 Å². The van der Waals surface area contributed by atoms with Crippen LogP contribution in [0.2, 0.25) is 0 Å².